The number of nitrogens with zero attached hydrogens (tertiary/aromatic N) is 1. The van der Waals surface area contributed by atoms with E-state index in [1.54, 1.807) is 4.90 Å². The van der Waals surface area contributed by atoms with Gasteiger partial charge in [0.15, 0.2) is 0 Å². The zero-order valence-electron chi connectivity index (χ0n) is 13.1. The summed E-state index contributed by atoms with van der Waals surface area (Å²) >= 11 is 4.98. The standard InChI is InChI=1S/C17H26N2OS/c1-3-4-5-6-7-11-16(20)19(2)13-14-9-8-10-15(12-14)17(18)21/h8-10,12H,3-7,11,13H2,1-2H3,(H2,18,21). The van der Waals surface area contributed by atoms with Crippen LogP contribution in [0.25, 0.3) is 0 Å². The maximum atomic E-state index is 12.1. The molecule has 0 spiro atoms. The van der Waals surface area contributed by atoms with Crippen LogP contribution in [0.5, 0.6) is 0 Å². The first kappa shape index (κ1) is 17.6. The zero-order valence-corrected chi connectivity index (χ0v) is 13.9. The predicted molar refractivity (Wildman–Crippen MR) is 92.2 cm³/mol. The highest BCUT2D eigenvalue weighted by Crippen LogP contribution is 2.10. The van der Waals surface area contributed by atoms with Crippen LogP contribution in [0.3, 0.4) is 0 Å². The fraction of sp³-hybridized carbons (Fsp3) is 0.529. The van der Waals surface area contributed by atoms with E-state index in [1.165, 1.54) is 19.3 Å². The van der Waals surface area contributed by atoms with Gasteiger partial charge in [0.1, 0.15) is 4.99 Å². The lowest BCUT2D eigenvalue weighted by molar-refractivity contribution is -0.130. The molecule has 0 saturated carbocycles. The predicted octanol–water partition coefficient (Wildman–Crippen LogP) is 3.64. The first-order chi connectivity index (χ1) is 10.0. The quantitative estimate of drug-likeness (QED) is 0.559. The van der Waals surface area contributed by atoms with Crippen molar-refractivity contribution < 1.29 is 4.79 Å². The van der Waals surface area contributed by atoms with Gasteiger partial charge in [0.05, 0.1) is 0 Å². The van der Waals surface area contributed by atoms with Gasteiger partial charge in [-0.25, -0.2) is 0 Å². The van der Waals surface area contributed by atoms with E-state index in [0.717, 1.165) is 24.0 Å². The number of carbonyl (C=O) groups is 1. The van der Waals surface area contributed by atoms with E-state index in [2.05, 4.69) is 6.92 Å². The van der Waals surface area contributed by atoms with Gasteiger partial charge in [-0.05, 0) is 18.1 Å². The zero-order chi connectivity index (χ0) is 15.7. The number of nitrogens with two attached hydrogens (primary N) is 1. The number of amides is 1. The molecule has 21 heavy (non-hydrogen) atoms. The fourth-order valence-corrected chi connectivity index (χ4v) is 2.38. The van der Waals surface area contributed by atoms with Crippen LogP contribution in [-0.2, 0) is 11.3 Å². The van der Waals surface area contributed by atoms with Crippen LogP contribution in [0.15, 0.2) is 24.3 Å². The molecule has 0 aromatic heterocycles. The Morgan fingerprint density at radius 2 is 1.95 bits per heavy atom. The highest BCUT2D eigenvalue weighted by molar-refractivity contribution is 7.80. The Bertz CT molecular complexity index is 474. The molecule has 0 bridgehead atoms. The Labute approximate surface area is 133 Å². The highest BCUT2D eigenvalue weighted by atomic mass is 32.1. The van der Waals surface area contributed by atoms with Crippen molar-refractivity contribution in [1.29, 1.82) is 0 Å². The van der Waals surface area contributed by atoms with Gasteiger partial charge < -0.3 is 10.6 Å². The van der Waals surface area contributed by atoms with Crippen molar-refractivity contribution in [2.24, 2.45) is 5.73 Å². The largest absolute Gasteiger partial charge is 0.389 e. The summed E-state index contributed by atoms with van der Waals surface area (Å²) in [5.41, 5.74) is 7.54. The van der Waals surface area contributed by atoms with Gasteiger partial charge >= 0.3 is 0 Å². The summed E-state index contributed by atoms with van der Waals surface area (Å²) in [4.78, 5) is 14.2. The van der Waals surface area contributed by atoms with Crippen molar-refractivity contribution in [2.45, 2.75) is 52.0 Å². The van der Waals surface area contributed by atoms with E-state index in [-0.39, 0.29) is 5.91 Å². The lowest BCUT2D eigenvalue weighted by Crippen LogP contribution is -2.26. The number of thiocarbonyl (C=S) groups is 1. The number of unbranched alkanes of at least 4 members (excludes halogenated alkanes) is 4. The minimum atomic E-state index is 0.201. The molecular weight excluding hydrogens is 280 g/mol. The van der Waals surface area contributed by atoms with Crippen LogP contribution in [0.1, 0.15) is 56.6 Å². The third-order valence-electron chi connectivity index (χ3n) is 3.55. The van der Waals surface area contributed by atoms with Crippen molar-refractivity contribution in [2.75, 3.05) is 7.05 Å². The highest BCUT2D eigenvalue weighted by Gasteiger charge is 2.09. The number of hydrogen-bond donors (Lipinski definition) is 1. The van der Waals surface area contributed by atoms with Crippen LogP contribution in [-0.4, -0.2) is 22.8 Å². The maximum absolute atomic E-state index is 12.1. The molecule has 0 atom stereocenters. The second kappa shape index (κ2) is 9.50. The van der Waals surface area contributed by atoms with Gasteiger partial charge in [0, 0.05) is 25.6 Å². The molecule has 1 aromatic carbocycles. The smallest absolute Gasteiger partial charge is 0.222 e. The summed E-state index contributed by atoms with van der Waals surface area (Å²) in [5, 5.41) is 0. The molecular formula is C17H26N2OS. The molecule has 116 valence electrons. The van der Waals surface area contributed by atoms with Crippen LogP contribution in [0, 0.1) is 0 Å². The Hall–Kier alpha value is -1.42. The summed E-state index contributed by atoms with van der Waals surface area (Å²) < 4.78 is 0. The molecule has 4 heteroatoms. The summed E-state index contributed by atoms with van der Waals surface area (Å²) in [6.07, 6.45) is 6.47. The average molecular weight is 306 g/mol. The molecule has 0 radical (unpaired) electrons. The van der Waals surface area contributed by atoms with E-state index in [4.69, 9.17) is 18.0 Å². The fourth-order valence-electron chi connectivity index (χ4n) is 2.26. The maximum Gasteiger partial charge on any atom is 0.222 e. The summed E-state index contributed by atoms with van der Waals surface area (Å²) in [5.74, 6) is 0.201. The molecule has 2 N–H and O–H groups in total. The van der Waals surface area contributed by atoms with Crippen LogP contribution >= 0.6 is 12.2 Å². The van der Waals surface area contributed by atoms with E-state index in [9.17, 15) is 4.79 Å². The molecule has 0 heterocycles. The van der Waals surface area contributed by atoms with E-state index >= 15 is 0 Å². The van der Waals surface area contributed by atoms with Crippen molar-refractivity contribution in [3.05, 3.63) is 35.4 Å². The molecule has 0 fully saturated rings. The van der Waals surface area contributed by atoms with Crippen LogP contribution in [0.2, 0.25) is 0 Å². The van der Waals surface area contributed by atoms with Crippen molar-refractivity contribution in [3.63, 3.8) is 0 Å². The molecule has 1 rings (SSSR count). The summed E-state index contributed by atoms with van der Waals surface area (Å²) in [6.45, 7) is 2.80. The SMILES string of the molecule is CCCCCCCC(=O)N(C)Cc1cccc(C(N)=S)c1. The lowest BCUT2D eigenvalue weighted by Gasteiger charge is -2.17. The molecule has 0 aliphatic heterocycles. The third kappa shape index (κ3) is 6.71. The molecule has 1 aromatic rings. The normalized spacial score (nSPS) is 10.4. The first-order valence-corrected chi connectivity index (χ1v) is 8.08. The molecule has 3 nitrogen and oxygen atoms in total. The minimum Gasteiger partial charge on any atom is -0.389 e. The molecule has 0 unspecified atom stereocenters. The Morgan fingerprint density at radius 3 is 2.62 bits per heavy atom. The van der Waals surface area contributed by atoms with Gasteiger partial charge in [-0.1, -0.05) is 63.0 Å². The Kier molecular flexibility index (Phi) is 7.98. The Balaban J connectivity index is 2.41. The average Bonchev–Trinajstić information content (AvgIpc) is 2.47. The van der Waals surface area contributed by atoms with E-state index in [0.29, 0.717) is 18.0 Å². The van der Waals surface area contributed by atoms with Gasteiger partial charge in [-0.3, -0.25) is 4.79 Å². The van der Waals surface area contributed by atoms with Gasteiger partial charge in [0.2, 0.25) is 5.91 Å². The van der Waals surface area contributed by atoms with Crippen molar-refractivity contribution in [3.8, 4) is 0 Å². The first-order valence-electron chi connectivity index (χ1n) is 7.67. The number of hydrogen-bond acceptors (Lipinski definition) is 2. The van der Waals surface area contributed by atoms with Gasteiger partial charge in [-0.15, -0.1) is 0 Å². The molecule has 0 aliphatic rings. The second-order valence-electron chi connectivity index (χ2n) is 5.48. The molecule has 0 saturated heterocycles. The van der Waals surface area contributed by atoms with E-state index in [1.807, 2.05) is 31.3 Å². The summed E-state index contributed by atoms with van der Waals surface area (Å²) in [6, 6.07) is 7.76. The van der Waals surface area contributed by atoms with Crippen molar-refractivity contribution >= 4 is 23.1 Å². The monoisotopic (exact) mass is 306 g/mol. The van der Waals surface area contributed by atoms with Gasteiger partial charge in [-0.2, -0.15) is 0 Å². The Morgan fingerprint density at radius 1 is 1.24 bits per heavy atom. The number of rotatable bonds is 9. The minimum absolute atomic E-state index is 0.201. The van der Waals surface area contributed by atoms with E-state index < -0.39 is 0 Å². The second-order valence-corrected chi connectivity index (χ2v) is 5.92. The molecule has 1 amide bonds. The number of benzene rings is 1. The van der Waals surface area contributed by atoms with Gasteiger partial charge in [0.25, 0.3) is 0 Å². The molecule has 0 aliphatic carbocycles. The van der Waals surface area contributed by atoms with Crippen LogP contribution in [0.4, 0.5) is 0 Å². The van der Waals surface area contributed by atoms with Crippen molar-refractivity contribution in [1.82, 2.24) is 4.90 Å². The topological polar surface area (TPSA) is 46.3 Å². The third-order valence-corrected chi connectivity index (χ3v) is 3.79. The summed E-state index contributed by atoms with van der Waals surface area (Å²) in [7, 11) is 1.85. The lowest BCUT2D eigenvalue weighted by atomic mass is 10.1. The van der Waals surface area contributed by atoms with Crippen LogP contribution < -0.4 is 5.73 Å². The number of carbonyl (C=O) groups excluding carboxylic acids is 1.